The van der Waals surface area contributed by atoms with Crippen LogP contribution in [0.2, 0.25) is 0 Å². The molecule has 0 spiro atoms. The SMILES string of the molecule is CCN(CC)Cc1nc(Nc2ccccc2)sc1C(=O)NCc1ccccc1. The van der Waals surface area contributed by atoms with E-state index in [-0.39, 0.29) is 5.91 Å². The standard InChI is InChI=1S/C22H26N4OS/c1-3-26(4-2)16-19-20(21(27)23-15-17-11-7-5-8-12-17)28-22(25-19)24-18-13-9-6-10-14-18/h5-14H,3-4,15-16H2,1-2H3,(H,23,27)(H,24,25). The lowest BCUT2D eigenvalue weighted by Crippen LogP contribution is -2.26. The first-order chi connectivity index (χ1) is 13.7. The van der Waals surface area contributed by atoms with Crippen LogP contribution in [0.25, 0.3) is 0 Å². The van der Waals surface area contributed by atoms with Gasteiger partial charge in [0.2, 0.25) is 0 Å². The number of rotatable bonds is 9. The molecule has 5 nitrogen and oxygen atoms in total. The highest BCUT2D eigenvalue weighted by Gasteiger charge is 2.19. The van der Waals surface area contributed by atoms with Crippen LogP contribution in [-0.2, 0) is 13.1 Å². The van der Waals surface area contributed by atoms with Crippen molar-refractivity contribution in [1.29, 1.82) is 0 Å². The summed E-state index contributed by atoms with van der Waals surface area (Å²) in [6.07, 6.45) is 0. The number of carbonyl (C=O) groups is 1. The molecule has 0 aliphatic rings. The zero-order valence-electron chi connectivity index (χ0n) is 16.3. The fourth-order valence-electron chi connectivity index (χ4n) is 2.85. The van der Waals surface area contributed by atoms with E-state index in [1.54, 1.807) is 0 Å². The average Bonchev–Trinajstić information content (AvgIpc) is 3.14. The molecular formula is C22H26N4OS. The zero-order chi connectivity index (χ0) is 19.8. The van der Waals surface area contributed by atoms with Gasteiger partial charge in [-0.1, -0.05) is 73.7 Å². The largest absolute Gasteiger partial charge is 0.347 e. The van der Waals surface area contributed by atoms with Crippen molar-refractivity contribution in [3.05, 3.63) is 76.8 Å². The lowest BCUT2D eigenvalue weighted by Gasteiger charge is -2.17. The number of anilines is 2. The Bertz CT molecular complexity index is 876. The number of aromatic nitrogens is 1. The van der Waals surface area contributed by atoms with Gasteiger partial charge >= 0.3 is 0 Å². The molecule has 2 N–H and O–H groups in total. The topological polar surface area (TPSA) is 57.3 Å². The summed E-state index contributed by atoms with van der Waals surface area (Å²) in [6, 6.07) is 19.8. The van der Waals surface area contributed by atoms with Crippen molar-refractivity contribution in [2.75, 3.05) is 18.4 Å². The molecule has 0 fully saturated rings. The summed E-state index contributed by atoms with van der Waals surface area (Å²) in [5.41, 5.74) is 2.85. The smallest absolute Gasteiger partial charge is 0.263 e. The Balaban J connectivity index is 1.78. The second-order valence-corrected chi connectivity index (χ2v) is 7.41. The van der Waals surface area contributed by atoms with Crippen molar-refractivity contribution in [2.45, 2.75) is 26.9 Å². The summed E-state index contributed by atoms with van der Waals surface area (Å²) in [6.45, 7) is 7.24. The Labute approximate surface area is 170 Å². The van der Waals surface area contributed by atoms with Crippen molar-refractivity contribution in [2.24, 2.45) is 0 Å². The van der Waals surface area contributed by atoms with E-state index < -0.39 is 0 Å². The number of nitrogens with one attached hydrogen (secondary N) is 2. The molecule has 0 aliphatic carbocycles. The number of amides is 1. The van der Waals surface area contributed by atoms with Gasteiger partial charge in [0.15, 0.2) is 5.13 Å². The Morgan fingerprint density at radius 1 is 1.00 bits per heavy atom. The minimum atomic E-state index is -0.0791. The molecule has 28 heavy (non-hydrogen) atoms. The lowest BCUT2D eigenvalue weighted by atomic mass is 10.2. The van der Waals surface area contributed by atoms with Gasteiger partial charge in [-0.2, -0.15) is 0 Å². The molecule has 146 valence electrons. The summed E-state index contributed by atoms with van der Waals surface area (Å²) in [4.78, 5) is 20.5. The molecule has 1 heterocycles. The van der Waals surface area contributed by atoms with E-state index >= 15 is 0 Å². The van der Waals surface area contributed by atoms with E-state index in [0.29, 0.717) is 18.0 Å². The molecule has 1 aromatic heterocycles. The van der Waals surface area contributed by atoms with Crippen molar-refractivity contribution in [1.82, 2.24) is 15.2 Å². The van der Waals surface area contributed by atoms with E-state index in [1.165, 1.54) is 11.3 Å². The van der Waals surface area contributed by atoms with Gasteiger partial charge in [-0.25, -0.2) is 4.98 Å². The van der Waals surface area contributed by atoms with Crippen molar-refractivity contribution in [3.63, 3.8) is 0 Å². The quantitative estimate of drug-likeness (QED) is 0.554. The first kappa shape index (κ1) is 20.0. The van der Waals surface area contributed by atoms with Crippen LogP contribution in [0.3, 0.4) is 0 Å². The van der Waals surface area contributed by atoms with Gasteiger partial charge in [0.25, 0.3) is 5.91 Å². The molecule has 0 unspecified atom stereocenters. The number of nitrogens with zero attached hydrogens (tertiary/aromatic N) is 2. The fraction of sp³-hybridized carbons (Fsp3) is 0.273. The Morgan fingerprint density at radius 3 is 2.29 bits per heavy atom. The number of benzene rings is 2. The Morgan fingerprint density at radius 2 is 1.64 bits per heavy atom. The normalized spacial score (nSPS) is 10.8. The number of hydrogen-bond donors (Lipinski definition) is 2. The minimum absolute atomic E-state index is 0.0791. The summed E-state index contributed by atoms with van der Waals surface area (Å²) < 4.78 is 0. The molecule has 2 aromatic carbocycles. The molecule has 3 rings (SSSR count). The zero-order valence-corrected chi connectivity index (χ0v) is 17.1. The van der Waals surface area contributed by atoms with Gasteiger partial charge in [0.1, 0.15) is 4.88 Å². The third kappa shape index (κ3) is 5.41. The maximum Gasteiger partial charge on any atom is 0.263 e. The monoisotopic (exact) mass is 394 g/mol. The maximum atomic E-state index is 12.9. The number of carbonyl (C=O) groups excluding carboxylic acids is 1. The highest BCUT2D eigenvalue weighted by atomic mass is 32.1. The first-order valence-corrected chi connectivity index (χ1v) is 10.4. The van der Waals surface area contributed by atoms with Crippen LogP contribution in [0, 0.1) is 0 Å². The highest BCUT2D eigenvalue weighted by Crippen LogP contribution is 2.27. The fourth-order valence-corrected chi connectivity index (χ4v) is 3.76. The van der Waals surface area contributed by atoms with Crippen LogP contribution in [0.4, 0.5) is 10.8 Å². The van der Waals surface area contributed by atoms with E-state index in [0.717, 1.165) is 35.2 Å². The molecule has 3 aromatic rings. The third-order valence-electron chi connectivity index (χ3n) is 4.49. The van der Waals surface area contributed by atoms with E-state index in [4.69, 9.17) is 4.98 Å². The van der Waals surface area contributed by atoms with E-state index in [1.807, 2.05) is 60.7 Å². The lowest BCUT2D eigenvalue weighted by molar-refractivity contribution is 0.0952. The predicted octanol–water partition coefficient (Wildman–Crippen LogP) is 4.66. The number of hydrogen-bond acceptors (Lipinski definition) is 5. The second kappa shape index (κ2) is 10.0. The predicted molar refractivity (Wildman–Crippen MR) is 116 cm³/mol. The van der Waals surface area contributed by atoms with E-state index in [2.05, 4.69) is 29.4 Å². The molecule has 6 heteroatoms. The molecule has 0 saturated heterocycles. The average molecular weight is 395 g/mol. The van der Waals surface area contributed by atoms with Crippen LogP contribution >= 0.6 is 11.3 Å². The van der Waals surface area contributed by atoms with Gasteiger partial charge in [-0.05, 0) is 30.8 Å². The number of thiazole rings is 1. The van der Waals surface area contributed by atoms with Crippen molar-refractivity contribution >= 4 is 28.1 Å². The highest BCUT2D eigenvalue weighted by molar-refractivity contribution is 7.17. The van der Waals surface area contributed by atoms with Gasteiger partial charge in [-0.3, -0.25) is 9.69 Å². The second-order valence-electron chi connectivity index (χ2n) is 6.42. The van der Waals surface area contributed by atoms with Gasteiger partial charge in [0.05, 0.1) is 5.69 Å². The Hall–Kier alpha value is -2.70. The van der Waals surface area contributed by atoms with E-state index in [9.17, 15) is 4.79 Å². The summed E-state index contributed by atoms with van der Waals surface area (Å²) in [7, 11) is 0. The van der Waals surface area contributed by atoms with Gasteiger partial charge < -0.3 is 10.6 Å². The first-order valence-electron chi connectivity index (χ1n) is 9.55. The molecule has 0 aliphatic heterocycles. The molecule has 0 bridgehead atoms. The minimum Gasteiger partial charge on any atom is -0.347 e. The van der Waals surface area contributed by atoms with Crippen LogP contribution in [0.15, 0.2) is 60.7 Å². The Kier molecular flexibility index (Phi) is 7.17. The molecule has 0 radical (unpaired) electrons. The van der Waals surface area contributed by atoms with Crippen molar-refractivity contribution in [3.8, 4) is 0 Å². The van der Waals surface area contributed by atoms with Crippen LogP contribution in [-0.4, -0.2) is 28.9 Å². The summed E-state index contributed by atoms with van der Waals surface area (Å²) in [5, 5.41) is 7.07. The molecule has 0 saturated carbocycles. The maximum absolute atomic E-state index is 12.9. The van der Waals surface area contributed by atoms with Crippen LogP contribution in [0.5, 0.6) is 0 Å². The summed E-state index contributed by atoms with van der Waals surface area (Å²) >= 11 is 1.40. The van der Waals surface area contributed by atoms with Crippen LogP contribution in [0.1, 0.15) is 34.8 Å². The number of para-hydroxylation sites is 1. The van der Waals surface area contributed by atoms with Gasteiger partial charge in [-0.15, -0.1) is 0 Å². The van der Waals surface area contributed by atoms with Gasteiger partial charge in [0, 0.05) is 18.8 Å². The van der Waals surface area contributed by atoms with Crippen LogP contribution < -0.4 is 10.6 Å². The molecule has 0 atom stereocenters. The van der Waals surface area contributed by atoms with Crippen molar-refractivity contribution < 1.29 is 4.79 Å². The summed E-state index contributed by atoms with van der Waals surface area (Å²) in [5.74, 6) is -0.0791. The molecule has 1 amide bonds. The molecular weight excluding hydrogens is 368 g/mol. The third-order valence-corrected chi connectivity index (χ3v) is 5.50.